The first-order chi connectivity index (χ1) is 9.68. The number of hydrogen-bond donors (Lipinski definition) is 0. The molecule has 4 aliphatic rings. The second-order valence-electron chi connectivity index (χ2n) is 7.27. The van der Waals surface area contributed by atoms with Gasteiger partial charge in [0.05, 0.1) is 12.7 Å². The summed E-state index contributed by atoms with van der Waals surface area (Å²) < 4.78 is 4.87. The maximum atomic E-state index is 11.8. The third kappa shape index (κ3) is 1.81. The van der Waals surface area contributed by atoms with Crippen molar-refractivity contribution in [3.63, 3.8) is 0 Å². The molecule has 106 valence electrons. The highest BCUT2D eigenvalue weighted by Crippen LogP contribution is 2.60. The zero-order valence-corrected chi connectivity index (χ0v) is 12.1. The molecule has 0 atom stereocenters. The lowest BCUT2D eigenvalue weighted by atomic mass is 9.48. The number of carbonyl (C=O) groups is 1. The molecule has 0 saturated heterocycles. The van der Waals surface area contributed by atoms with E-state index in [0.717, 1.165) is 17.8 Å². The van der Waals surface area contributed by atoms with Crippen LogP contribution in [0.4, 0.5) is 0 Å². The molecule has 5 rings (SSSR count). The van der Waals surface area contributed by atoms with Gasteiger partial charge in [-0.2, -0.15) is 0 Å². The monoisotopic (exact) mass is 270 g/mol. The van der Waals surface area contributed by atoms with Gasteiger partial charge in [-0.25, -0.2) is 4.79 Å². The Labute approximate surface area is 120 Å². The van der Waals surface area contributed by atoms with Gasteiger partial charge in [-0.1, -0.05) is 12.1 Å². The largest absolute Gasteiger partial charge is 0.465 e. The van der Waals surface area contributed by atoms with Gasteiger partial charge in [0.1, 0.15) is 0 Å². The molecule has 0 aliphatic heterocycles. The normalized spacial score (nSPS) is 38.0. The van der Waals surface area contributed by atoms with Crippen molar-refractivity contribution in [1.29, 1.82) is 0 Å². The van der Waals surface area contributed by atoms with Gasteiger partial charge in [0.25, 0.3) is 0 Å². The lowest BCUT2D eigenvalue weighted by Crippen LogP contribution is -2.48. The van der Waals surface area contributed by atoms with Crippen LogP contribution in [0.2, 0.25) is 0 Å². The molecule has 20 heavy (non-hydrogen) atoms. The molecule has 0 amide bonds. The minimum atomic E-state index is -0.212. The lowest BCUT2D eigenvalue weighted by molar-refractivity contribution is -0.00522. The summed E-state index contributed by atoms with van der Waals surface area (Å²) >= 11 is 0. The summed E-state index contributed by atoms with van der Waals surface area (Å²) in [6.45, 7) is 0. The van der Waals surface area contributed by atoms with Gasteiger partial charge in [-0.15, -0.1) is 0 Å². The number of carbonyl (C=O) groups excluding carboxylic acids is 1. The smallest absolute Gasteiger partial charge is 0.337 e. The van der Waals surface area contributed by atoms with Crippen LogP contribution in [-0.2, 0) is 10.2 Å². The summed E-state index contributed by atoms with van der Waals surface area (Å²) in [4.78, 5) is 11.8. The zero-order chi connectivity index (χ0) is 13.7. The highest BCUT2D eigenvalue weighted by Gasteiger charge is 2.51. The highest BCUT2D eigenvalue weighted by molar-refractivity contribution is 5.89. The Morgan fingerprint density at radius 3 is 2.25 bits per heavy atom. The predicted octanol–water partition coefficient (Wildman–Crippen LogP) is 3.94. The van der Waals surface area contributed by atoms with Crippen LogP contribution in [0, 0.1) is 17.8 Å². The van der Waals surface area contributed by atoms with Crippen LogP contribution in [0.25, 0.3) is 0 Å². The number of benzene rings is 1. The first kappa shape index (κ1) is 12.4. The SMILES string of the molecule is COC(=O)c1cccc(C23CC4CC(CC(C4)C2)C3)c1. The Morgan fingerprint density at radius 1 is 1.10 bits per heavy atom. The Balaban J connectivity index is 1.72. The van der Waals surface area contributed by atoms with Gasteiger partial charge in [0.15, 0.2) is 0 Å². The Hall–Kier alpha value is -1.31. The van der Waals surface area contributed by atoms with Crippen molar-refractivity contribution >= 4 is 5.97 Å². The molecule has 0 unspecified atom stereocenters. The van der Waals surface area contributed by atoms with Crippen molar-refractivity contribution in [3.05, 3.63) is 35.4 Å². The molecule has 0 N–H and O–H groups in total. The van der Waals surface area contributed by atoms with Crippen molar-refractivity contribution < 1.29 is 9.53 Å². The molecule has 0 spiro atoms. The molecule has 4 fully saturated rings. The molecule has 2 heteroatoms. The number of hydrogen-bond acceptors (Lipinski definition) is 2. The second kappa shape index (κ2) is 4.34. The summed E-state index contributed by atoms with van der Waals surface area (Å²) in [7, 11) is 1.46. The summed E-state index contributed by atoms with van der Waals surface area (Å²) in [5, 5.41) is 0. The van der Waals surface area contributed by atoms with Crippen molar-refractivity contribution in [2.24, 2.45) is 17.8 Å². The van der Waals surface area contributed by atoms with E-state index >= 15 is 0 Å². The van der Waals surface area contributed by atoms with Crippen LogP contribution >= 0.6 is 0 Å². The summed E-state index contributed by atoms with van der Waals surface area (Å²) in [5.41, 5.74) is 2.46. The molecule has 4 saturated carbocycles. The second-order valence-corrected chi connectivity index (χ2v) is 7.27. The molecule has 2 nitrogen and oxygen atoms in total. The highest BCUT2D eigenvalue weighted by atomic mass is 16.5. The Kier molecular flexibility index (Phi) is 2.70. The minimum absolute atomic E-state index is 0.212. The van der Waals surface area contributed by atoms with E-state index in [1.165, 1.54) is 51.2 Å². The van der Waals surface area contributed by atoms with Gasteiger partial charge in [0, 0.05) is 0 Å². The van der Waals surface area contributed by atoms with E-state index in [0.29, 0.717) is 11.0 Å². The quantitative estimate of drug-likeness (QED) is 0.761. The number of ether oxygens (including phenoxy) is 1. The van der Waals surface area contributed by atoms with E-state index in [1.54, 1.807) is 0 Å². The average Bonchev–Trinajstić information content (AvgIpc) is 2.45. The Bertz CT molecular complexity index is 511. The fraction of sp³-hybridized carbons (Fsp3) is 0.611. The molecule has 0 radical (unpaired) electrons. The summed E-state index contributed by atoms with van der Waals surface area (Å²) in [6, 6.07) is 8.23. The van der Waals surface area contributed by atoms with E-state index in [2.05, 4.69) is 12.1 Å². The molecule has 4 aliphatic carbocycles. The molecule has 4 bridgehead atoms. The zero-order valence-electron chi connectivity index (χ0n) is 12.1. The van der Waals surface area contributed by atoms with E-state index < -0.39 is 0 Å². The number of rotatable bonds is 2. The van der Waals surface area contributed by atoms with Gasteiger partial charge in [-0.3, -0.25) is 0 Å². The maximum absolute atomic E-state index is 11.8. The van der Waals surface area contributed by atoms with E-state index in [9.17, 15) is 4.79 Å². The predicted molar refractivity (Wildman–Crippen MR) is 77.6 cm³/mol. The molecular weight excluding hydrogens is 248 g/mol. The van der Waals surface area contributed by atoms with Crippen LogP contribution in [0.1, 0.15) is 54.4 Å². The van der Waals surface area contributed by atoms with E-state index in [-0.39, 0.29) is 5.97 Å². The van der Waals surface area contributed by atoms with Crippen LogP contribution < -0.4 is 0 Å². The fourth-order valence-corrected chi connectivity index (χ4v) is 5.56. The average molecular weight is 270 g/mol. The molecule has 0 heterocycles. The first-order valence-corrected chi connectivity index (χ1v) is 7.87. The van der Waals surface area contributed by atoms with E-state index in [1.807, 2.05) is 12.1 Å². The van der Waals surface area contributed by atoms with Crippen molar-refractivity contribution in [3.8, 4) is 0 Å². The molecule has 1 aromatic rings. The topological polar surface area (TPSA) is 26.3 Å². The third-order valence-electron chi connectivity index (χ3n) is 5.93. The van der Waals surface area contributed by atoms with Gasteiger partial charge in [0.2, 0.25) is 0 Å². The third-order valence-corrected chi connectivity index (χ3v) is 5.93. The first-order valence-electron chi connectivity index (χ1n) is 7.87. The maximum Gasteiger partial charge on any atom is 0.337 e. The van der Waals surface area contributed by atoms with Gasteiger partial charge < -0.3 is 4.74 Å². The fourth-order valence-electron chi connectivity index (χ4n) is 5.56. The van der Waals surface area contributed by atoms with Crippen molar-refractivity contribution in [1.82, 2.24) is 0 Å². The van der Waals surface area contributed by atoms with Crippen molar-refractivity contribution in [2.75, 3.05) is 7.11 Å². The van der Waals surface area contributed by atoms with Gasteiger partial charge in [-0.05, 0) is 79.4 Å². The molecular formula is C18H22O2. The Morgan fingerprint density at radius 2 is 1.70 bits per heavy atom. The van der Waals surface area contributed by atoms with Crippen molar-refractivity contribution in [2.45, 2.75) is 43.9 Å². The van der Waals surface area contributed by atoms with E-state index in [4.69, 9.17) is 4.74 Å². The van der Waals surface area contributed by atoms with Crippen LogP contribution in [0.3, 0.4) is 0 Å². The number of methoxy groups -OCH3 is 1. The lowest BCUT2D eigenvalue weighted by Gasteiger charge is -2.57. The standard InChI is InChI=1S/C18H22O2/c1-20-17(19)15-3-2-4-16(8-15)18-9-12-5-13(10-18)7-14(6-12)11-18/h2-4,8,12-14H,5-7,9-11H2,1H3. The van der Waals surface area contributed by atoms with Gasteiger partial charge >= 0.3 is 5.97 Å². The summed E-state index contributed by atoms with van der Waals surface area (Å²) in [5.74, 6) is 2.59. The minimum Gasteiger partial charge on any atom is -0.465 e. The number of esters is 1. The van der Waals surface area contributed by atoms with Crippen LogP contribution in [0.15, 0.2) is 24.3 Å². The van der Waals surface area contributed by atoms with Crippen LogP contribution in [0.5, 0.6) is 0 Å². The van der Waals surface area contributed by atoms with Crippen LogP contribution in [-0.4, -0.2) is 13.1 Å². The summed E-state index contributed by atoms with van der Waals surface area (Å²) in [6.07, 6.45) is 8.37. The molecule has 0 aromatic heterocycles. The molecule has 1 aromatic carbocycles.